The summed E-state index contributed by atoms with van der Waals surface area (Å²) in [6.45, 7) is 2.09. The van der Waals surface area contributed by atoms with Gasteiger partial charge in [0.2, 0.25) is 5.91 Å². The highest BCUT2D eigenvalue weighted by Gasteiger charge is 2.31. The van der Waals surface area contributed by atoms with E-state index >= 15 is 0 Å². The third-order valence-electron chi connectivity index (χ3n) is 2.30. The molecule has 1 rings (SSSR count). The smallest absolute Gasteiger partial charge is 0.234 e. The van der Waals surface area contributed by atoms with Crippen LogP contribution in [-0.4, -0.2) is 61.8 Å². The first-order valence-corrected chi connectivity index (χ1v) is 4.86. The number of carbonyl (C=O) groups excluding carboxylic acids is 1. The fourth-order valence-corrected chi connectivity index (χ4v) is 1.49. The number of hydrogen-bond acceptors (Lipinski definition) is 4. The Morgan fingerprint density at radius 3 is 2.86 bits per heavy atom. The van der Waals surface area contributed by atoms with Crippen LogP contribution in [0.1, 0.15) is 6.42 Å². The molecule has 1 amide bonds. The Balaban J connectivity index is 2.22. The van der Waals surface area contributed by atoms with E-state index in [2.05, 4.69) is 10.6 Å². The Hall–Kier alpha value is -0.650. The fraction of sp³-hybridized carbons (Fsp3) is 0.889. The quantitative estimate of drug-likeness (QED) is 0.512. The van der Waals surface area contributed by atoms with Crippen LogP contribution in [0.15, 0.2) is 0 Å². The summed E-state index contributed by atoms with van der Waals surface area (Å²) >= 11 is 0. The van der Waals surface area contributed by atoms with E-state index in [1.807, 2.05) is 14.1 Å². The lowest BCUT2D eigenvalue weighted by atomic mass is 10.0. The highest BCUT2D eigenvalue weighted by Crippen LogP contribution is 2.12. The molecule has 1 aliphatic heterocycles. The van der Waals surface area contributed by atoms with Crippen molar-refractivity contribution < 1.29 is 9.90 Å². The zero-order valence-corrected chi connectivity index (χ0v) is 8.84. The normalized spacial score (nSPS) is 26.9. The number of β-amino-alcohol motifs (C(OH)–C–C–N with tert-alkyl or cyclic N) is 1. The molecule has 1 atom stereocenters. The van der Waals surface area contributed by atoms with Gasteiger partial charge in [0.1, 0.15) is 0 Å². The number of amides is 1. The molecule has 5 heteroatoms. The number of rotatable bonds is 4. The van der Waals surface area contributed by atoms with Gasteiger partial charge >= 0.3 is 0 Å². The average Bonchev–Trinajstić information content (AvgIpc) is 2.49. The summed E-state index contributed by atoms with van der Waals surface area (Å²) in [6.07, 6.45) is 0.704. The van der Waals surface area contributed by atoms with Crippen LogP contribution >= 0.6 is 0 Å². The van der Waals surface area contributed by atoms with Gasteiger partial charge < -0.3 is 20.6 Å². The number of aliphatic hydroxyl groups is 1. The lowest BCUT2D eigenvalue weighted by molar-refractivity contribution is -0.122. The summed E-state index contributed by atoms with van der Waals surface area (Å²) in [6, 6.07) is 0. The molecule has 0 radical (unpaired) electrons. The number of likely N-dealkylation sites (N-methyl/N-ethyl adjacent to an activating group) is 1. The molecule has 0 saturated carbocycles. The Kier molecular flexibility index (Phi) is 3.86. The molecule has 0 aromatic carbocycles. The fourth-order valence-electron chi connectivity index (χ4n) is 1.49. The summed E-state index contributed by atoms with van der Waals surface area (Å²) in [5.74, 6) is -0.0460. The van der Waals surface area contributed by atoms with E-state index < -0.39 is 5.60 Å². The lowest BCUT2D eigenvalue weighted by Gasteiger charge is -2.22. The van der Waals surface area contributed by atoms with Crippen molar-refractivity contribution in [1.82, 2.24) is 15.5 Å². The average molecular weight is 201 g/mol. The van der Waals surface area contributed by atoms with Crippen LogP contribution in [0, 0.1) is 0 Å². The highest BCUT2D eigenvalue weighted by atomic mass is 16.3. The highest BCUT2D eigenvalue weighted by molar-refractivity contribution is 5.78. The van der Waals surface area contributed by atoms with Crippen LogP contribution in [0.3, 0.4) is 0 Å². The van der Waals surface area contributed by atoms with Gasteiger partial charge in [0.05, 0.1) is 12.1 Å². The molecule has 3 N–H and O–H groups in total. The molecule has 1 aliphatic rings. The monoisotopic (exact) mass is 201 g/mol. The second kappa shape index (κ2) is 4.72. The van der Waals surface area contributed by atoms with Crippen LogP contribution < -0.4 is 10.6 Å². The molecule has 0 spiro atoms. The summed E-state index contributed by atoms with van der Waals surface area (Å²) in [5.41, 5.74) is -0.748. The van der Waals surface area contributed by atoms with Crippen LogP contribution in [0.25, 0.3) is 0 Å². The van der Waals surface area contributed by atoms with Gasteiger partial charge in [0.15, 0.2) is 0 Å². The van der Waals surface area contributed by atoms with Crippen molar-refractivity contribution in [2.75, 3.05) is 40.3 Å². The molecule has 14 heavy (non-hydrogen) atoms. The van der Waals surface area contributed by atoms with E-state index in [1.54, 1.807) is 4.90 Å². The van der Waals surface area contributed by atoms with Crippen molar-refractivity contribution in [2.24, 2.45) is 0 Å². The Morgan fingerprint density at radius 2 is 2.36 bits per heavy atom. The predicted molar refractivity (Wildman–Crippen MR) is 54.0 cm³/mol. The first kappa shape index (κ1) is 11.4. The first-order chi connectivity index (χ1) is 6.52. The largest absolute Gasteiger partial charge is 0.387 e. The number of nitrogens with one attached hydrogen (secondary N) is 2. The second-order valence-corrected chi connectivity index (χ2v) is 4.17. The van der Waals surface area contributed by atoms with Gasteiger partial charge in [-0.2, -0.15) is 0 Å². The van der Waals surface area contributed by atoms with Gasteiger partial charge in [-0.3, -0.25) is 4.79 Å². The Morgan fingerprint density at radius 1 is 1.64 bits per heavy atom. The molecule has 82 valence electrons. The van der Waals surface area contributed by atoms with Crippen LogP contribution in [0.2, 0.25) is 0 Å². The zero-order valence-electron chi connectivity index (χ0n) is 8.84. The Labute approximate surface area is 84.5 Å². The van der Waals surface area contributed by atoms with Gasteiger partial charge in [-0.05, 0) is 27.1 Å². The van der Waals surface area contributed by atoms with Gasteiger partial charge in [0.25, 0.3) is 0 Å². The summed E-state index contributed by atoms with van der Waals surface area (Å²) in [5, 5.41) is 15.7. The third kappa shape index (κ3) is 3.61. The van der Waals surface area contributed by atoms with Gasteiger partial charge in [0, 0.05) is 13.1 Å². The van der Waals surface area contributed by atoms with Gasteiger partial charge in [-0.25, -0.2) is 0 Å². The number of nitrogens with zero attached hydrogens (tertiary/aromatic N) is 1. The van der Waals surface area contributed by atoms with Gasteiger partial charge in [-0.1, -0.05) is 0 Å². The van der Waals surface area contributed by atoms with Crippen molar-refractivity contribution in [3.8, 4) is 0 Å². The molecule has 5 nitrogen and oxygen atoms in total. The zero-order chi connectivity index (χ0) is 10.6. The van der Waals surface area contributed by atoms with E-state index in [0.29, 0.717) is 26.1 Å². The molecule has 0 aromatic rings. The molecule has 0 bridgehead atoms. The topological polar surface area (TPSA) is 64.6 Å². The van der Waals surface area contributed by atoms with E-state index in [0.717, 1.165) is 6.54 Å². The second-order valence-electron chi connectivity index (χ2n) is 4.17. The van der Waals surface area contributed by atoms with Crippen molar-refractivity contribution in [1.29, 1.82) is 0 Å². The molecular formula is C9H19N3O2. The maximum absolute atomic E-state index is 11.3. The molecule has 1 fully saturated rings. The maximum atomic E-state index is 11.3. The van der Waals surface area contributed by atoms with E-state index in [-0.39, 0.29) is 5.91 Å². The standard InChI is InChI=1S/C9H19N3O2/c1-12(2)5-8(13)11-7-9(14)3-4-10-6-9/h10,14H,3-7H2,1-2H3,(H,11,13). The van der Waals surface area contributed by atoms with Crippen LogP contribution in [-0.2, 0) is 4.79 Å². The molecule has 1 heterocycles. The summed E-state index contributed by atoms with van der Waals surface area (Å²) in [4.78, 5) is 13.1. The summed E-state index contributed by atoms with van der Waals surface area (Å²) in [7, 11) is 3.68. The van der Waals surface area contributed by atoms with Crippen molar-refractivity contribution in [3.63, 3.8) is 0 Å². The number of carbonyl (C=O) groups is 1. The van der Waals surface area contributed by atoms with Crippen molar-refractivity contribution in [2.45, 2.75) is 12.0 Å². The SMILES string of the molecule is CN(C)CC(=O)NCC1(O)CCNC1. The van der Waals surface area contributed by atoms with E-state index in [1.165, 1.54) is 0 Å². The summed E-state index contributed by atoms with van der Waals surface area (Å²) < 4.78 is 0. The minimum Gasteiger partial charge on any atom is -0.387 e. The van der Waals surface area contributed by atoms with Gasteiger partial charge in [-0.15, -0.1) is 0 Å². The van der Waals surface area contributed by atoms with Crippen LogP contribution in [0.5, 0.6) is 0 Å². The molecule has 0 aromatic heterocycles. The molecule has 1 saturated heterocycles. The minimum atomic E-state index is -0.748. The minimum absolute atomic E-state index is 0.0460. The lowest BCUT2D eigenvalue weighted by Crippen LogP contribution is -2.46. The predicted octanol–water partition coefficient (Wildman–Crippen LogP) is -1.61. The molecule has 1 unspecified atom stereocenters. The van der Waals surface area contributed by atoms with Crippen molar-refractivity contribution >= 4 is 5.91 Å². The van der Waals surface area contributed by atoms with Crippen molar-refractivity contribution in [3.05, 3.63) is 0 Å². The number of hydrogen-bond donors (Lipinski definition) is 3. The Bertz CT molecular complexity index is 200. The molecular weight excluding hydrogens is 182 g/mol. The third-order valence-corrected chi connectivity index (χ3v) is 2.30. The van der Waals surface area contributed by atoms with Crippen LogP contribution in [0.4, 0.5) is 0 Å². The molecule has 0 aliphatic carbocycles. The van der Waals surface area contributed by atoms with E-state index in [9.17, 15) is 9.90 Å². The first-order valence-electron chi connectivity index (χ1n) is 4.86. The van der Waals surface area contributed by atoms with E-state index in [4.69, 9.17) is 0 Å². The maximum Gasteiger partial charge on any atom is 0.234 e.